The summed E-state index contributed by atoms with van der Waals surface area (Å²) in [5.41, 5.74) is 5.70. The number of carbonyl (C=O) groups is 1. The maximum Gasteiger partial charge on any atom is 0.267 e. The van der Waals surface area contributed by atoms with Crippen molar-refractivity contribution in [2.75, 3.05) is 6.54 Å². The van der Waals surface area contributed by atoms with Gasteiger partial charge in [0, 0.05) is 32.1 Å². The van der Waals surface area contributed by atoms with Crippen LogP contribution < -0.4 is 10.8 Å². The summed E-state index contributed by atoms with van der Waals surface area (Å²) in [5.74, 6) is 0.488. The second-order valence-corrected chi connectivity index (χ2v) is 6.24. The van der Waals surface area contributed by atoms with Crippen molar-refractivity contribution in [3.63, 3.8) is 0 Å². The second-order valence-electron chi connectivity index (χ2n) is 6.24. The first-order chi connectivity index (χ1) is 13.2. The van der Waals surface area contributed by atoms with Crippen molar-refractivity contribution < 1.29 is 10.0 Å². The van der Waals surface area contributed by atoms with Crippen LogP contribution in [0.2, 0.25) is 0 Å². The van der Waals surface area contributed by atoms with Crippen molar-refractivity contribution in [3.8, 4) is 0 Å². The van der Waals surface area contributed by atoms with Crippen LogP contribution in [0, 0.1) is 0 Å². The normalized spacial score (nSPS) is 11.3. The van der Waals surface area contributed by atoms with E-state index in [1.165, 1.54) is 11.6 Å². The van der Waals surface area contributed by atoms with E-state index in [9.17, 15) is 4.79 Å². The minimum atomic E-state index is -0.556. The lowest BCUT2D eigenvalue weighted by atomic mass is 10.2. The van der Waals surface area contributed by atoms with E-state index in [0.29, 0.717) is 0 Å². The van der Waals surface area contributed by atoms with Crippen LogP contribution >= 0.6 is 0 Å². The Balaban J connectivity index is 1.69. The Morgan fingerprint density at radius 3 is 2.78 bits per heavy atom. The minimum Gasteiger partial charge on any atom is -0.328 e. The lowest BCUT2D eigenvalue weighted by Crippen LogP contribution is -2.18. The molecule has 0 fully saturated rings. The number of rotatable bonds is 8. The summed E-state index contributed by atoms with van der Waals surface area (Å²) in [5, 5.41) is 12.0. The van der Waals surface area contributed by atoms with Gasteiger partial charge in [0.05, 0.1) is 11.0 Å². The predicted molar refractivity (Wildman–Crippen MR) is 106 cm³/mol. The van der Waals surface area contributed by atoms with Gasteiger partial charge >= 0.3 is 0 Å². The molecule has 0 saturated carbocycles. The summed E-state index contributed by atoms with van der Waals surface area (Å²) in [4.78, 5) is 15.9. The zero-order valence-corrected chi connectivity index (χ0v) is 15.4. The van der Waals surface area contributed by atoms with E-state index in [0.717, 1.165) is 48.5 Å². The largest absolute Gasteiger partial charge is 0.328 e. The van der Waals surface area contributed by atoms with Crippen molar-refractivity contribution in [2.45, 2.75) is 26.4 Å². The molecule has 1 heterocycles. The first-order valence-corrected chi connectivity index (χ1v) is 9.07. The van der Waals surface area contributed by atoms with Crippen LogP contribution in [0.3, 0.4) is 0 Å². The van der Waals surface area contributed by atoms with E-state index in [1.54, 1.807) is 11.6 Å². The number of aryl methyl sites for hydroxylation is 1. The van der Waals surface area contributed by atoms with Crippen molar-refractivity contribution in [3.05, 3.63) is 71.6 Å². The third-order valence-corrected chi connectivity index (χ3v) is 4.40. The molecule has 0 aliphatic carbocycles. The fourth-order valence-electron chi connectivity index (χ4n) is 3.08. The van der Waals surface area contributed by atoms with Gasteiger partial charge < -0.3 is 9.88 Å². The number of hydrogen-bond acceptors (Lipinski definition) is 4. The van der Waals surface area contributed by atoms with Crippen LogP contribution in [0.15, 0.2) is 54.6 Å². The smallest absolute Gasteiger partial charge is 0.267 e. The predicted octanol–water partition coefficient (Wildman–Crippen LogP) is 2.91. The third kappa shape index (κ3) is 4.81. The van der Waals surface area contributed by atoms with E-state index in [1.807, 2.05) is 36.4 Å². The monoisotopic (exact) mass is 364 g/mol. The van der Waals surface area contributed by atoms with Gasteiger partial charge in [-0.2, -0.15) is 0 Å². The summed E-state index contributed by atoms with van der Waals surface area (Å²) in [6.07, 6.45) is 3.77. The lowest BCUT2D eigenvalue weighted by molar-refractivity contribution is -0.124. The average Bonchev–Trinajstić information content (AvgIpc) is 3.06. The molecule has 3 rings (SSSR count). The molecular weight excluding hydrogens is 340 g/mol. The zero-order valence-electron chi connectivity index (χ0n) is 15.4. The van der Waals surface area contributed by atoms with Crippen LogP contribution in [-0.2, 0) is 24.3 Å². The van der Waals surface area contributed by atoms with Crippen LogP contribution in [-0.4, -0.2) is 27.2 Å². The summed E-state index contributed by atoms with van der Waals surface area (Å²) < 4.78 is 2.22. The van der Waals surface area contributed by atoms with Gasteiger partial charge in [0.2, 0.25) is 0 Å². The first kappa shape index (κ1) is 18.8. The van der Waals surface area contributed by atoms with Crippen LogP contribution in [0.25, 0.3) is 17.1 Å². The van der Waals surface area contributed by atoms with Crippen molar-refractivity contribution in [1.29, 1.82) is 0 Å². The number of amides is 1. The molecule has 0 radical (unpaired) electrons. The third-order valence-electron chi connectivity index (χ3n) is 4.40. The SMILES string of the molecule is CCn1c(CCNCc2ccccc2)nc2cc(C=CC(=O)NO)ccc21. The Morgan fingerprint density at radius 2 is 2.04 bits per heavy atom. The van der Waals surface area contributed by atoms with Gasteiger partial charge in [-0.1, -0.05) is 36.4 Å². The summed E-state index contributed by atoms with van der Waals surface area (Å²) in [6.45, 7) is 4.66. The van der Waals surface area contributed by atoms with Crippen molar-refractivity contribution in [2.24, 2.45) is 0 Å². The Morgan fingerprint density at radius 1 is 1.22 bits per heavy atom. The number of hydroxylamine groups is 1. The molecule has 0 aliphatic rings. The van der Waals surface area contributed by atoms with Crippen LogP contribution in [0.5, 0.6) is 0 Å². The van der Waals surface area contributed by atoms with E-state index in [-0.39, 0.29) is 0 Å². The number of carbonyl (C=O) groups excluding carboxylic acids is 1. The zero-order chi connectivity index (χ0) is 19.1. The summed E-state index contributed by atoms with van der Waals surface area (Å²) in [6, 6.07) is 16.2. The number of aromatic nitrogens is 2. The van der Waals surface area contributed by atoms with Crippen molar-refractivity contribution in [1.82, 2.24) is 20.3 Å². The minimum absolute atomic E-state index is 0.556. The Kier molecular flexibility index (Phi) is 6.35. The van der Waals surface area contributed by atoms with Gasteiger partial charge in [-0.15, -0.1) is 0 Å². The number of nitrogens with one attached hydrogen (secondary N) is 2. The van der Waals surface area contributed by atoms with Gasteiger partial charge in [-0.3, -0.25) is 10.0 Å². The molecule has 0 spiro atoms. The highest BCUT2D eigenvalue weighted by Crippen LogP contribution is 2.19. The standard InChI is InChI=1S/C21H24N4O2/c1-2-25-19-10-8-16(9-11-21(26)24-27)14-18(19)23-20(25)12-13-22-15-17-6-4-3-5-7-17/h3-11,14,22,27H,2,12-13,15H2,1H3,(H,24,26). The van der Waals surface area contributed by atoms with Gasteiger partial charge in [0.15, 0.2) is 0 Å². The maximum atomic E-state index is 11.1. The Hall–Kier alpha value is -2.96. The molecule has 140 valence electrons. The number of benzene rings is 2. The molecule has 0 aliphatic heterocycles. The van der Waals surface area contributed by atoms with E-state index in [2.05, 4.69) is 28.9 Å². The molecule has 0 unspecified atom stereocenters. The molecular formula is C21H24N4O2. The molecule has 27 heavy (non-hydrogen) atoms. The molecule has 3 aromatic rings. The van der Waals surface area contributed by atoms with Gasteiger partial charge in [0.1, 0.15) is 5.82 Å². The molecule has 6 heteroatoms. The average molecular weight is 364 g/mol. The van der Waals surface area contributed by atoms with Crippen LogP contribution in [0.1, 0.15) is 23.9 Å². The quantitative estimate of drug-likeness (QED) is 0.249. The summed E-state index contributed by atoms with van der Waals surface area (Å²) >= 11 is 0. The highest BCUT2D eigenvalue weighted by Gasteiger charge is 2.09. The molecule has 0 bridgehead atoms. The molecule has 1 aromatic heterocycles. The van der Waals surface area contributed by atoms with E-state index in [4.69, 9.17) is 10.2 Å². The van der Waals surface area contributed by atoms with Crippen LogP contribution in [0.4, 0.5) is 0 Å². The van der Waals surface area contributed by atoms with Crippen molar-refractivity contribution >= 4 is 23.0 Å². The second kappa shape index (κ2) is 9.12. The number of hydrogen-bond donors (Lipinski definition) is 3. The number of nitrogens with zero attached hydrogens (tertiary/aromatic N) is 2. The van der Waals surface area contributed by atoms with E-state index >= 15 is 0 Å². The molecule has 2 aromatic carbocycles. The topological polar surface area (TPSA) is 79.2 Å². The van der Waals surface area contributed by atoms with Gasteiger partial charge in [0.25, 0.3) is 5.91 Å². The summed E-state index contributed by atoms with van der Waals surface area (Å²) in [7, 11) is 0. The molecule has 1 amide bonds. The fraction of sp³-hybridized carbons (Fsp3) is 0.238. The number of fused-ring (bicyclic) bond motifs is 1. The molecule has 6 nitrogen and oxygen atoms in total. The highest BCUT2D eigenvalue weighted by atomic mass is 16.5. The van der Waals surface area contributed by atoms with Gasteiger partial charge in [-0.05, 0) is 36.3 Å². The molecule has 0 atom stereocenters. The molecule has 3 N–H and O–H groups in total. The van der Waals surface area contributed by atoms with E-state index < -0.39 is 5.91 Å². The molecule has 0 saturated heterocycles. The highest BCUT2D eigenvalue weighted by molar-refractivity contribution is 5.91. The Labute approximate surface area is 158 Å². The first-order valence-electron chi connectivity index (χ1n) is 9.07. The Bertz CT molecular complexity index is 932. The maximum absolute atomic E-state index is 11.1. The number of imidazole rings is 1. The van der Waals surface area contributed by atoms with Gasteiger partial charge in [-0.25, -0.2) is 10.5 Å². The lowest BCUT2D eigenvalue weighted by Gasteiger charge is -2.07. The fourth-order valence-corrected chi connectivity index (χ4v) is 3.08.